The molecule has 3 heterocycles. The fourth-order valence-electron chi connectivity index (χ4n) is 3.47. The number of allylic oxidation sites excluding steroid dienone is 1. The summed E-state index contributed by atoms with van der Waals surface area (Å²) in [6.45, 7) is 0. The summed E-state index contributed by atoms with van der Waals surface area (Å²) in [7, 11) is 0. The van der Waals surface area contributed by atoms with E-state index in [4.69, 9.17) is 4.42 Å². The molecule has 0 saturated carbocycles. The van der Waals surface area contributed by atoms with Gasteiger partial charge >= 0.3 is 0 Å². The lowest BCUT2D eigenvalue weighted by atomic mass is 10.1. The number of hydrogen-bond acceptors (Lipinski definition) is 3. The Morgan fingerprint density at radius 3 is 2.63 bits per heavy atom. The molecule has 146 valence electrons. The largest absolute Gasteiger partial charge is 0.461 e. The summed E-state index contributed by atoms with van der Waals surface area (Å²) in [4.78, 5) is 20.1. The Hall–Kier alpha value is -4.06. The molecule has 0 spiro atoms. The number of fused-ring (bicyclic) bond motifs is 3. The molecule has 0 saturated heterocycles. The van der Waals surface area contributed by atoms with E-state index in [0.29, 0.717) is 22.5 Å². The Balaban J connectivity index is 1.71. The molecule has 0 atom stereocenters. The van der Waals surface area contributed by atoms with E-state index in [1.807, 2.05) is 30.3 Å². The second-order valence-electron chi connectivity index (χ2n) is 6.79. The first kappa shape index (κ1) is 18.0. The number of rotatable bonds is 4. The Kier molecular flexibility index (Phi) is 4.25. The number of benzene rings is 2. The smallest absolute Gasteiger partial charge is 0.221 e. The number of para-hydroxylation sites is 1. The quantitative estimate of drug-likeness (QED) is 0.291. The van der Waals surface area contributed by atoms with E-state index in [-0.39, 0.29) is 11.5 Å². The first-order chi connectivity index (χ1) is 14.6. The number of halogens is 2. The van der Waals surface area contributed by atoms with Crippen LogP contribution in [0.25, 0.3) is 39.1 Å². The van der Waals surface area contributed by atoms with Crippen molar-refractivity contribution >= 4 is 33.7 Å². The molecule has 0 unspecified atom stereocenters. The molecule has 5 rings (SSSR count). The number of hydrogen-bond donors (Lipinski definition) is 1. The molecule has 30 heavy (non-hydrogen) atoms. The molecule has 0 radical (unpaired) electrons. The van der Waals surface area contributed by atoms with E-state index in [2.05, 4.69) is 9.97 Å². The van der Waals surface area contributed by atoms with Gasteiger partial charge in [-0.1, -0.05) is 18.2 Å². The van der Waals surface area contributed by atoms with Gasteiger partial charge in [0.2, 0.25) is 5.78 Å². The second-order valence-corrected chi connectivity index (χ2v) is 6.79. The van der Waals surface area contributed by atoms with Gasteiger partial charge in [0.25, 0.3) is 0 Å². The predicted molar refractivity (Wildman–Crippen MR) is 111 cm³/mol. The molecule has 3 aromatic heterocycles. The lowest BCUT2D eigenvalue weighted by Gasteiger charge is -2.06. The van der Waals surface area contributed by atoms with Crippen LogP contribution in [-0.4, -0.2) is 15.8 Å². The fourth-order valence-corrected chi connectivity index (χ4v) is 3.47. The van der Waals surface area contributed by atoms with Crippen LogP contribution in [0.1, 0.15) is 16.2 Å². The highest BCUT2D eigenvalue weighted by atomic mass is 19.2. The summed E-state index contributed by atoms with van der Waals surface area (Å²) < 4.78 is 32.5. The van der Waals surface area contributed by atoms with Gasteiger partial charge in [-0.3, -0.25) is 4.79 Å². The summed E-state index contributed by atoms with van der Waals surface area (Å²) in [6, 6.07) is 16.5. The van der Waals surface area contributed by atoms with Crippen molar-refractivity contribution in [3.05, 3.63) is 96.1 Å². The van der Waals surface area contributed by atoms with Gasteiger partial charge in [-0.25, -0.2) is 13.8 Å². The average Bonchev–Trinajstić information content (AvgIpc) is 3.42. The zero-order valence-corrected chi connectivity index (χ0v) is 15.5. The van der Waals surface area contributed by atoms with Crippen molar-refractivity contribution in [2.75, 3.05) is 0 Å². The lowest BCUT2D eigenvalue weighted by Crippen LogP contribution is -1.94. The minimum absolute atomic E-state index is 0.222. The molecule has 0 bridgehead atoms. The summed E-state index contributed by atoms with van der Waals surface area (Å²) in [5.74, 6) is -1.95. The van der Waals surface area contributed by atoms with Gasteiger partial charge < -0.3 is 9.40 Å². The third-order valence-corrected chi connectivity index (χ3v) is 4.88. The van der Waals surface area contributed by atoms with Gasteiger partial charge in [0, 0.05) is 21.9 Å². The summed E-state index contributed by atoms with van der Waals surface area (Å²) >= 11 is 0. The molecule has 0 aliphatic carbocycles. The number of H-pyrrole nitrogens is 1. The van der Waals surface area contributed by atoms with Crippen molar-refractivity contribution in [3.8, 4) is 11.3 Å². The number of furan rings is 1. The van der Waals surface area contributed by atoms with Crippen LogP contribution in [0.4, 0.5) is 8.78 Å². The Morgan fingerprint density at radius 2 is 1.83 bits per heavy atom. The molecule has 0 fully saturated rings. The highest BCUT2D eigenvalue weighted by molar-refractivity contribution is 6.12. The minimum Gasteiger partial charge on any atom is -0.461 e. The molecule has 2 aromatic carbocycles. The number of pyridine rings is 1. The number of nitrogens with zero attached hydrogens (tertiary/aromatic N) is 1. The van der Waals surface area contributed by atoms with Crippen LogP contribution in [0.2, 0.25) is 0 Å². The summed E-state index contributed by atoms with van der Waals surface area (Å²) in [6.07, 6.45) is 4.38. The number of carbonyl (C=O) groups is 1. The third kappa shape index (κ3) is 3.08. The monoisotopic (exact) mass is 400 g/mol. The topological polar surface area (TPSA) is 58.9 Å². The lowest BCUT2D eigenvalue weighted by molar-refractivity contribution is 0.102. The Morgan fingerprint density at radius 1 is 0.967 bits per heavy atom. The maximum Gasteiger partial charge on any atom is 0.221 e. The zero-order valence-electron chi connectivity index (χ0n) is 15.5. The standard InChI is InChI=1S/C24H14F2N2O2/c25-18-9-7-14(12-19(18)26)23-24-17(16-4-1-2-5-20(16)28-24)13-15(27-23)8-10-21(29)22-6-3-11-30-22/h1-13,28H/b10-8+. The zero-order chi connectivity index (χ0) is 20.7. The molecule has 0 aliphatic heterocycles. The highest BCUT2D eigenvalue weighted by Crippen LogP contribution is 2.33. The van der Waals surface area contributed by atoms with E-state index in [1.165, 1.54) is 18.4 Å². The predicted octanol–water partition coefficient (Wildman–Crippen LogP) is 6.15. The van der Waals surface area contributed by atoms with E-state index in [0.717, 1.165) is 28.4 Å². The maximum atomic E-state index is 13.9. The number of ketones is 1. The first-order valence-corrected chi connectivity index (χ1v) is 9.23. The number of nitrogens with one attached hydrogen (secondary N) is 1. The number of aromatic nitrogens is 2. The second kappa shape index (κ2) is 7.08. The molecule has 5 aromatic rings. The molecular formula is C24H14F2N2O2. The normalized spacial score (nSPS) is 11.7. The Bertz CT molecular complexity index is 1430. The van der Waals surface area contributed by atoms with Crippen molar-refractivity contribution in [3.63, 3.8) is 0 Å². The van der Waals surface area contributed by atoms with Crippen LogP contribution in [0.15, 0.2) is 77.4 Å². The third-order valence-electron chi connectivity index (χ3n) is 4.88. The molecule has 1 N–H and O–H groups in total. The molecule has 0 amide bonds. The summed E-state index contributed by atoms with van der Waals surface area (Å²) in [5, 5.41) is 1.83. The highest BCUT2D eigenvalue weighted by Gasteiger charge is 2.15. The van der Waals surface area contributed by atoms with E-state index in [1.54, 1.807) is 18.2 Å². The van der Waals surface area contributed by atoms with Crippen molar-refractivity contribution in [2.45, 2.75) is 0 Å². The van der Waals surface area contributed by atoms with E-state index in [9.17, 15) is 13.6 Å². The average molecular weight is 400 g/mol. The van der Waals surface area contributed by atoms with Gasteiger partial charge in [-0.15, -0.1) is 0 Å². The molecule has 6 heteroatoms. The fraction of sp³-hybridized carbons (Fsp3) is 0. The van der Waals surface area contributed by atoms with Gasteiger partial charge in [0.15, 0.2) is 17.4 Å². The van der Waals surface area contributed by atoms with Gasteiger partial charge in [0.1, 0.15) is 0 Å². The number of carbonyl (C=O) groups excluding carboxylic acids is 1. The summed E-state index contributed by atoms with van der Waals surface area (Å²) in [5.41, 5.74) is 3.00. The van der Waals surface area contributed by atoms with E-state index >= 15 is 0 Å². The van der Waals surface area contributed by atoms with Crippen LogP contribution in [0, 0.1) is 11.6 Å². The van der Waals surface area contributed by atoms with Crippen molar-refractivity contribution in [2.24, 2.45) is 0 Å². The van der Waals surface area contributed by atoms with Crippen LogP contribution in [0.3, 0.4) is 0 Å². The SMILES string of the molecule is O=C(/C=C/c1cc2c([nH]c3ccccc32)c(-c2ccc(F)c(F)c2)n1)c1ccco1. The minimum atomic E-state index is -0.951. The molecule has 4 nitrogen and oxygen atoms in total. The van der Waals surface area contributed by atoms with Crippen molar-refractivity contribution < 1.29 is 18.0 Å². The molecular weight excluding hydrogens is 386 g/mol. The van der Waals surface area contributed by atoms with Crippen LogP contribution >= 0.6 is 0 Å². The van der Waals surface area contributed by atoms with Crippen LogP contribution < -0.4 is 0 Å². The van der Waals surface area contributed by atoms with Crippen LogP contribution in [-0.2, 0) is 0 Å². The van der Waals surface area contributed by atoms with E-state index < -0.39 is 11.6 Å². The maximum absolute atomic E-state index is 13.9. The first-order valence-electron chi connectivity index (χ1n) is 9.23. The van der Waals surface area contributed by atoms with Gasteiger partial charge in [0.05, 0.1) is 23.2 Å². The van der Waals surface area contributed by atoms with Crippen LogP contribution in [0.5, 0.6) is 0 Å². The number of aromatic amines is 1. The molecule has 0 aliphatic rings. The van der Waals surface area contributed by atoms with Crippen molar-refractivity contribution in [1.82, 2.24) is 9.97 Å². The Labute approximate surface area is 169 Å². The van der Waals surface area contributed by atoms with Crippen molar-refractivity contribution in [1.29, 1.82) is 0 Å². The van der Waals surface area contributed by atoms with Gasteiger partial charge in [-0.05, 0) is 54.6 Å². The van der Waals surface area contributed by atoms with Gasteiger partial charge in [-0.2, -0.15) is 0 Å².